The Hall–Kier alpha value is -1.42. The minimum Gasteiger partial charge on any atom is -0.355 e. The molecule has 1 aromatic carbocycles. The Labute approximate surface area is 108 Å². The third-order valence-electron chi connectivity index (χ3n) is 2.80. The van der Waals surface area contributed by atoms with Crippen LogP contribution in [0.15, 0.2) is 24.3 Å². The van der Waals surface area contributed by atoms with E-state index in [9.17, 15) is 9.18 Å². The van der Waals surface area contributed by atoms with Gasteiger partial charge in [-0.15, -0.1) is 0 Å². The number of amides is 1. The van der Waals surface area contributed by atoms with Crippen molar-refractivity contribution in [3.63, 3.8) is 0 Å². The van der Waals surface area contributed by atoms with Crippen LogP contribution in [0.25, 0.3) is 0 Å². The molecule has 2 N–H and O–H groups in total. The number of carbonyl (C=O) groups excluding carboxylic acids is 1. The maximum absolute atomic E-state index is 13.3. The molecule has 0 saturated carbocycles. The molecule has 0 radical (unpaired) electrons. The molecule has 1 rings (SSSR count). The van der Waals surface area contributed by atoms with Crippen molar-refractivity contribution in [3.05, 3.63) is 35.6 Å². The van der Waals surface area contributed by atoms with Gasteiger partial charge in [-0.2, -0.15) is 0 Å². The summed E-state index contributed by atoms with van der Waals surface area (Å²) in [5.74, 6) is -0.273. The molecule has 0 aliphatic carbocycles. The molecule has 4 heteroatoms. The lowest BCUT2D eigenvalue weighted by Gasteiger charge is -2.12. The van der Waals surface area contributed by atoms with Crippen LogP contribution in [0.5, 0.6) is 0 Å². The normalized spacial score (nSPS) is 12.2. The first kappa shape index (κ1) is 14.6. The van der Waals surface area contributed by atoms with E-state index in [1.807, 2.05) is 13.8 Å². The molecule has 0 aliphatic rings. The molecule has 0 spiro atoms. The van der Waals surface area contributed by atoms with Crippen LogP contribution in [-0.4, -0.2) is 25.5 Å². The fourth-order valence-electron chi connectivity index (χ4n) is 1.65. The smallest absolute Gasteiger partial charge is 0.224 e. The zero-order valence-electron chi connectivity index (χ0n) is 11.0. The number of carbonyl (C=O) groups is 1. The third-order valence-corrected chi connectivity index (χ3v) is 2.80. The Morgan fingerprint density at radius 2 is 2.11 bits per heavy atom. The van der Waals surface area contributed by atoms with Gasteiger partial charge in [0.25, 0.3) is 0 Å². The lowest BCUT2D eigenvalue weighted by Crippen LogP contribution is -2.36. The minimum atomic E-state index is -0.215. The van der Waals surface area contributed by atoms with Crippen molar-refractivity contribution in [2.45, 2.75) is 20.3 Å². The molecule has 0 aliphatic heterocycles. The van der Waals surface area contributed by atoms with E-state index in [4.69, 9.17) is 0 Å². The average molecular weight is 252 g/mol. The molecule has 0 bridgehead atoms. The van der Waals surface area contributed by atoms with Gasteiger partial charge >= 0.3 is 0 Å². The number of halogens is 1. The summed E-state index contributed by atoms with van der Waals surface area (Å²) in [6.07, 6.45) is 0.520. The maximum Gasteiger partial charge on any atom is 0.224 e. The Balaban J connectivity index is 2.29. The van der Waals surface area contributed by atoms with Crippen LogP contribution in [0.4, 0.5) is 4.39 Å². The molecule has 100 valence electrons. The number of hydrogen-bond acceptors (Lipinski definition) is 2. The second kappa shape index (κ2) is 7.82. The number of rotatable bonds is 7. The third kappa shape index (κ3) is 4.84. The maximum atomic E-state index is 13.3. The predicted octanol–water partition coefficient (Wildman–Crippen LogP) is 1.73. The zero-order valence-corrected chi connectivity index (χ0v) is 11.0. The molecule has 1 aromatic rings. The van der Waals surface area contributed by atoms with Crippen molar-refractivity contribution >= 4 is 5.91 Å². The minimum absolute atomic E-state index is 0.00675. The van der Waals surface area contributed by atoms with Crippen molar-refractivity contribution in [2.75, 3.05) is 19.6 Å². The van der Waals surface area contributed by atoms with Gasteiger partial charge in [-0.05, 0) is 24.6 Å². The van der Waals surface area contributed by atoms with E-state index in [-0.39, 0.29) is 17.6 Å². The summed E-state index contributed by atoms with van der Waals surface area (Å²) in [5.41, 5.74) is 0.636. The fourth-order valence-corrected chi connectivity index (χ4v) is 1.65. The van der Waals surface area contributed by atoms with Gasteiger partial charge in [0, 0.05) is 19.0 Å². The Morgan fingerprint density at radius 1 is 1.39 bits per heavy atom. The lowest BCUT2D eigenvalue weighted by molar-refractivity contribution is -0.124. The molecule has 0 fully saturated rings. The van der Waals surface area contributed by atoms with Crippen molar-refractivity contribution in [2.24, 2.45) is 5.92 Å². The quantitative estimate of drug-likeness (QED) is 0.776. The van der Waals surface area contributed by atoms with Gasteiger partial charge in [-0.25, -0.2) is 4.39 Å². The van der Waals surface area contributed by atoms with Gasteiger partial charge in [-0.3, -0.25) is 4.79 Å². The van der Waals surface area contributed by atoms with Gasteiger partial charge in [0.15, 0.2) is 0 Å². The van der Waals surface area contributed by atoms with Crippen molar-refractivity contribution in [1.82, 2.24) is 10.6 Å². The van der Waals surface area contributed by atoms with E-state index in [1.54, 1.807) is 18.2 Å². The standard InChI is InChI=1S/C14H21FN2O/c1-3-16-10-11(2)14(18)17-9-8-12-6-4-5-7-13(12)15/h4-7,11,16H,3,8-10H2,1-2H3,(H,17,18). The molecule has 1 amide bonds. The molecular formula is C14H21FN2O. The van der Waals surface area contributed by atoms with Crippen molar-refractivity contribution in [3.8, 4) is 0 Å². The molecule has 0 saturated heterocycles. The first-order valence-corrected chi connectivity index (χ1v) is 6.37. The number of benzene rings is 1. The van der Waals surface area contributed by atoms with Crippen LogP contribution in [0.2, 0.25) is 0 Å². The molecule has 18 heavy (non-hydrogen) atoms. The summed E-state index contributed by atoms with van der Waals surface area (Å²) in [4.78, 5) is 11.7. The van der Waals surface area contributed by atoms with Crippen LogP contribution in [0.3, 0.4) is 0 Å². The molecule has 3 nitrogen and oxygen atoms in total. The van der Waals surface area contributed by atoms with E-state index < -0.39 is 0 Å². The number of hydrogen-bond donors (Lipinski definition) is 2. The predicted molar refractivity (Wildman–Crippen MR) is 70.8 cm³/mol. The molecular weight excluding hydrogens is 231 g/mol. The van der Waals surface area contributed by atoms with Gasteiger partial charge in [0.1, 0.15) is 5.82 Å². The van der Waals surface area contributed by atoms with Crippen LogP contribution in [-0.2, 0) is 11.2 Å². The number of nitrogens with one attached hydrogen (secondary N) is 2. The summed E-state index contributed by atoms with van der Waals surface area (Å²) < 4.78 is 13.3. The highest BCUT2D eigenvalue weighted by atomic mass is 19.1. The first-order valence-electron chi connectivity index (χ1n) is 6.37. The summed E-state index contributed by atoms with van der Waals surface area (Å²) in [6.45, 7) is 5.87. The Morgan fingerprint density at radius 3 is 2.78 bits per heavy atom. The highest BCUT2D eigenvalue weighted by Crippen LogP contribution is 2.06. The first-order chi connectivity index (χ1) is 8.65. The van der Waals surface area contributed by atoms with Gasteiger partial charge < -0.3 is 10.6 Å². The largest absolute Gasteiger partial charge is 0.355 e. The molecule has 0 heterocycles. The monoisotopic (exact) mass is 252 g/mol. The summed E-state index contributed by atoms with van der Waals surface area (Å²) in [7, 11) is 0. The summed E-state index contributed by atoms with van der Waals surface area (Å²) in [6, 6.07) is 6.64. The van der Waals surface area contributed by atoms with E-state index in [2.05, 4.69) is 10.6 Å². The SMILES string of the molecule is CCNCC(C)C(=O)NCCc1ccccc1F. The highest BCUT2D eigenvalue weighted by molar-refractivity contribution is 5.78. The summed E-state index contributed by atoms with van der Waals surface area (Å²) >= 11 is 0. The van der Waals surface area contributed by atoms with Crippen molar-refractivity contribution < 1.29 is 9.18 Å². The van der Waals surface area contributed by atoms with Crippen molar-refractivity contribution in [1.29, 1.82) is 0 Å². The van der Waals surface area contributed by atoms with E-state index in [0.717, 1.165) is 6.54 Å². The second-order valence-corrected chi connectivity index (χ2v) is 4.34. The van der Waals surface area contributed by atoms with Gasteiger partial charge in [-0.1, -0.05) is 32.0 Å². The summed E-state index contributed by atoms with van der Waals surface area (Å²) in [5, 5.41) is 5.95. The van der Waals surface area contributed by atoms with E-state index in [1.165, 1.54) is 6.07 Å². The molecule has 1 unspecified atom stereocenters. The van der Waals surface area contributed by atoms with Gasteiger partial charge in [0.2, 0.25) is 5.91 Å². The fraction of sp³-hybridized carbons (Fsp3) is 0.500. The second-order valence-electron chi connectivity index (χ2n) is 4.34. The van der Waals surface area contributed by atoms with Crippen LogP contribution < -0.4 is 10.6 Å². The zero-order chi connectivity index (χ0) is 13.4. The lowest BCUT2D eigenvalue weighted by atomic mass is 10.1. The van der Waals surface area contributed by atoms with E-state index >= 15 is 0 Å². The average Bonchev–Trinajstić information content (AvgIpc) is 2.38. The Kier molecular flexibility index (Phi) is 6.36. The topological polar surface area (TPSA) is 41.1 Å². The van der Waals surface area contributed by atoms with Gasteiger partial charge in [0.05, 0.1) is 0 Å². The van der Waals surface area contributed by atoms with Crippen LogP contribution in [0, 0.1) is 11.7 Å². The Bertz CT molecular complexity index is 382. The van der Waals surface area contributed by atoms with Crippen LogP contribution in [0.1, 0.15) is 19.4 Å². The molecule has 1 atom stereocenters. The highest BCUT2D eigenvalue weighted by Gasteiger charge is 2.11. The van der Waals surface area contributed by atoms with E-state index in [0.29, 0.717) is 25.1 Å². The molecule has 0 aromatic heterocycles. The van der Waals surface area contributed by atoms with Crippen LogP contribution >= 0.6 is 0 Å².